The summed E-state index contributed by atoms with van der Waals surface area (Å²) in [6.45, 7) is 1.77. The van der Waals surface area contributed by atoms with Gasteiger partial charge in [0.15, 0.2) is 0 Å². The summed E-state index contributed by atoms with van der Waals surface area (Å²) in [7, 11) is 0. The van der Waals surface area contributed by atoms with Gasteiger partial charge >= 0.3 is 0 Å². The summed E-state index contributed by atoms with van der Waals surface area (Å²) in [4.78, 5) is 24.6. The van der Waals surface area contributed by atoms with Crippen LogP contribution in [0, 0.1) is 6.92 Å². The van der Waals surface area contributed by atoms with Gasteiger partial charge < -0.3 is 5.32 Å². The molecule has 0 bridgehead atoms. The lowest BCUT2D eigenvalue weighted by Crippen LogP contribution is -2.14. The molecule has 0 saturated heterocycles. The summed E-state index contributed by atoms with van der Waals surface area (Å²) in [5.41, 5.74) is 2.47. The maximum Gasteiger partial charge on any atom is 0.259 e. The van der Waals surface area contributed by atoms with Gasteiger partial charge in [-0.1, -0.05) is 22.0 Å². The Balaban J connectivity index is 2.01. The summed E-state index contributed by atoms with van der Waals surface area (Å²) in [5, 5.41) is 3.81. The molecule has 6 heteroatoms. The summed E-state index contributed by atoms with van der Waals surface area (Å²) in [5.74, 6) is -0.248. The van der Waals surface area contributed by atoms with Gasteiger partial charge in [0.1, 0.15) is 6.33 Å². The van der Waals surface area contributed by atoms with Crippen LogP contribution in [0.5, 0.6) is 0 Å². The van der Waals surface area contributed by atoms with E-state index in [1.54, 1.807) is 13.1 Å². The third kappa shape index (κ3) is 2.62. The molecule has 0 spiro atoms. The van der Waals surface area contributed by atoms with E-state index >= 15 is 0 Å². The van der Waals surface area contributed by atoms with Crippen LogP contribution in [0.1, 0.15) is 16.1 Å². The number of nitrogens with one attached hydrogen (secondary N) is 1. The molecule has 104 valence electrons. The monoisotopic (exact) mass is 342 g/mol. The quantitative estimate of drug-likeness (QED) is 0.775. The van der Waals surface area contributed by atoms with E-state index in [4.69, 9.17) is 0 Å². The summed E-state index contributed by atoms with van der Waals surface area (Å²) < 4.78 is 0.933. The molecule has 0 aliphatic rings. The molecule has 0 aliphatic carbocycles. The Morgan fingerprint density at radius 3 is 2.90 bits per heavy atom. The predicted octanol–water partition coefficient (Wildman–Crippen LogP) is 3.35. The van der Waals surface area contributed by atoms with Crippen molar-refractivity contribution in [3.8, 4) is 0 Å². The van der Waals surface area contributed by atoms with Crippen LogP contribution in [0.2, 0.25) is 0 Å². The Morgan fingerprint density at radius 1 is 1.24 bits per heavy atom. The van der Waals surface area contributed by atoms with Crippen molar-refractivity contribution in [1.29, 1.82) is 0 Å². The summed E-state index contributed by atoms with van der Waals surface area (Å²) >= 11 is 3.48. The SMILES string of the molecule is Cc1ncncc1C(=O)Nc1ccc(Br)c2cccnc12. The van der Waals surface area contributed by atoms with Crippen molar-refractivity contribution in [3.63, 3.8) is 0 Å². The molecule has 0 saturated carbocycles. The fourth-order valence-corrected chi connectivity index (χ4v) is 2.49. The average Bonchev–Trinajstić information content (AvgIpc) is 2.51. The van der Waals surface area contributed by atoms with Crippen LogP contribution in [0.15, 0.2) is 47.5 Å². The molecule has 21 heavy (non-hydrogen) atoms. The number of hydrogen-bond acceptors (Lipinski definition) is 4. The molecule has 3 rings (SSSR count). The molecular formula is C15H11BrN4O. The zero-order chi connectivity index (χ0) is 14.8. The Kier molecular flexibility index (Phi) is 3.62. The molecule has 1 N–H and O–H groups in total. The first-order valence-corrected chi connectivity index (χ1v) is 7.07. The molecule has 0 atom stereocenters. The Labute approximate surface area is 129 Å². The van der Waals surface area contributed by atoms with Crippen LogP contribution in [0.25, 0.3) is 10.9 Å². The smallest absolute Gasteiger partial charge is 0.259 e. The number of amides is 1. The Morgan fingerprint density at radius 2 is 2.10 bits per heavy atom. The number of halogens is 1. The standard InChI is InChI=1S/C15H11BrN4O/c1-9-11(7-17-8-19-9)15(21)20-13-5-4-12(16)10-3-2-6-18-14(10)13/h2-8H,1H3,(H,20,21). The first-order valence-electron chi connectivity index (χ1n) is 6.28. The third-order valence-electron chi connectivity index (χ3n) is 3.12. The van der Waals surface area contributed by atoms with Gasteiger partial charge in [-0.05, 0) is 25.1 Å². The molecule has 3 aromatic rings. The summed E-state index contributed by atoms with van der Waals surface area (Å²) in [6.07, 6.45) is 4.62. The third-order valence-corrected chi connectivity index (χ3v) is 3.81. The second-order valence-corrected chi connectivity index (χ2v) is 5.32. The molecular weight excluding hydrogens is 332 g/mol. The second kappa shape index (κ2) is 5.57. The van der Waals surface area contributed by atoms with E-state index in [2.05, 4.69) is 36.2 Å². The minimum atomic E-state index is -0.248. The highest BCUT2D eigenvalue weighted by molar-refractivity contribution is 9.10. The van der Waals surface area contributed by atoms with E-state index in [9.17, 15) is 4.79 Å². The zero-order valence-electron chi connectivity index (χ0n) is 11.2. The highest BCUT2D eigenvalue weighted by Gasteiger charge is 2.13. The van der Waals surface area contributed by atoms with Crippen LogP contribution >= 0.6 is 15.9 Å². The van der Waals surface area contributed by atoms with E-state index < -0.39 is 0 Å². The van der Waals surface area contributed by atoms with Crippen molar-refractivity contribution >= 4 is 38.4 Å². The zero-order valence-corrected chi connectivity index (χ0v) is 12.8. The van der Waals surface area contributed by atoms with Crippen molar-refractivity contribution in [2.75, 3.05) is 5.32 Å². The minimum absolute atomic E-state index is 0.248. The number of carbonyl (C=O) groups excluding carboxylic acids is 1. The van der Waals surface area contributed by atoms with Crippen LogP contribution in [-0.4, -0.2) is 20.9 Å². The number of nitrogens with zero attached hydrogens (tertiary/aromatic N) is 3. The van der Waals surface area contributed by atoms with E-state index in [0.717, 1.165) is 15.4 Å². The number of carbonyl (C=O) groups is 1. The van der Waals surface area contributed by atoms with Gasteiger partial charge in [-0.2, -0.15) is 0 Å². The lowest BCUT2D eigenvalue weighted by molar-refractivity contribution is 0.102. The minimum Gasteiger partial charge on any atom is -0.320 e. The first-order chi connectivity index (χ1) is 10.2. The topological polar surface area (TPSA) is 67.8 Å². The van der Waals surface area contributed by atoms with Gasteiger partial charge in [0.25, 0.3) is 5.91 Å². The fraction of sp³-hybridized carbons (Fsp3) is 0.0667. The van der Waals surface area contributed by atoms with Gasteiger partial charge in [-0.15, -0.1) is 0 Å². The van der Waals surface area contributed by atoms with Gasteiger partial charge in [0.05, 0.1) is 22.5 Å². The van der Waals surface area contributed by atoms with Gasteiger partial charge in [-0.3, -0.25) is 9.78 Å². The Hall–Kier alpha value is -2.34. The normalized spacial score (nSPS) is 10.6. The molecule has 0 aliphatic heterocycles. The molecule has 0 fully saturated rings. The molecule has 2 heterocycles. The molecule has 1 aromatic carbocycles. The van der Waals surface area contributed by atoms with Crippen molar-refractivity contribution in [2.24, 2.45) is 0 Å². The number of benzene rings is 1. The number of rotatable bonds is 2. The van der Waals surface area contributed by atoms with Crippen molar-refractivity contribution in [2.45, 2.75) is 6.92 Å². The van der Waals surface area contributed by atoms with Crippen molar-refractivity contribution in [1.82, 2.24) is 15.0 Å². The lowest BCUT2D eigenvalue weighted by atomic mass is 10.1. The molecule has 1 amide bonds. The first kappa shape index (κ1) is 13.6. The molecule has 0 radical (unpaired) electrons. The van der Waals surface area contributed by atoms with E-state index in [1.165, 1.54) is 12.5 Å². The fourth-order valence-electron chi connectivity index (χ4n) is 2.04. The lowest BCUT2D eigenvalue weighted by Gasteiger charge is -2.09. The maximum absolute atomic E-state index is 12.3. The largest absolute Gasteiger partial charge is 0.320 e. The average molecular weight is 343 g/mol. The highest BCUT2D eigenvalue weighted by Crippen LogP contribution is 2.28. The highest BCUT2D eigenvalue weighted by atomic mass is 79.9. The number of aryl methyl sites for hydroxylation is 1. The molecule has 5 nitrogen and oxygen atoms in total. The van der Waals surface area contributed by atoms with Crippen molar-refractivity contribution in [3.05, 3.63) is 58.7 Å². The number of anilines is 1. The number of fused-ring (bicyclic) bond motifs is 1. The van der Waals surface area contributed by atoms with Crippen LogP contribution in [-0.2, 0) is 0 Å². The predicted molar refractivity (Wildman–Crippen MR) is 84.2 cm³/mol. The van der Waals surface area contributed by atoms with Gasteiger partial charge in [0.2, 0.25) is 0 Å². The second-order valence-electron chi connectivity index (χ2n) is 4.47. The van der Waals surface area contributed by atoms with Crippen LogP contribution < -0.4 is 5.32 Å². The van der Waals surface area contributed by atoms with E-state index in [0.29, 0.717) is 16.9 Å². The Bertz CT molecular complexity index is 835. The number of aromatic nitrogens is 3. The van der Waals surface area contributed by atoms with Gasteiger partial charge in [-0.25, -0.2) is 9.97 Å². The van der Waals surface area contributed by atoms with Crippen LogP contribution in [0.4, 0.5) is 5.69 Å². The molecule has 0 unspecified atom stereocenters. The van der Waals surface area contributed by atoms with E-state index in [-0.39, 0.29) is 5.91 Å². The van der Waals surface area contributed by atoms with Crippen LogP contribution in [0.3, 0.4) is 0 Å². The summed E-state index contributed by atoms with van der Waals surface area (Å²) in [6, 6.07) is 7.50. The maximum atomic E-state index is 12.3. The number of hydrogen-bond donors (Lipinski definition) is 1. The number of pyridine rings is 1. The van der Waals surface area contributed by atoms with E-state index in [1.807, 2.05) is 24.3 Å². The van der Waals surface area contributed by atoms with Crippen molar-refractivity contribution < 1.29 is 4.79 Å². The molecule has 2 aromatic heterocycles. The van der Waals surface area contributed by atoms with Gasteiger partial charge in [0, 0.05) is 22.3 Å².